The highest BCUT2D eigenvalue weighted by atomic mass is 19.4. The van der Waals surface area contributed by atoms with E-state index in [1.807, 2.05) is 199 Å². The molecule has 0 bridgehead atoms. The molecule has 0 amide bonds. The van der Waals surface area contributed by atoms with Crippen molar-refractivity contribution >= 4 is 43.6 Å². The van der Waals surface area contributed by atoms with Crippen LogP contribution in [0.4, 0.5) is 13.2 Å². The van der Waals surface area contributed by atoms with Gasteiger partial charge in [0.25, 0.3) is 0 Å². The second-order valence-corrected chi connectivity index (χ2v) is 22.6. The number of nitrogens with zero attached hydrogens (tertiary/aromatic N) is 17. The molecule has 0 aliphatic heterocycles. The van der Waals surface area contributed by atoms with Crippen molar-refractivity contribution in [2.24, 2.45) is 0 Å². The standard InChI is InChI=1S/C72H52F3N17/c1-37-76-38(2)81-67(80-37)47-22-28-58-54(32-47)55-33-48(68-82-39(3)77-40(4)83-68)23-29-59(55)91(58)62-21-15-20-53(71-89-65(45-16-11-9-12-17-45)88-66(90-71)46-18-13-10-14-19-46)64(62)52-27-26-51(72(73,74)75)36-63(52)92-60-30-24-49(69-84-41(5)78-42(6)85-69)34-56(60)57-35-50(25-31-61(57)92)70-86-43(7)79-44(8)87-70/h9-36H,1-8H3. The molecule has 0 unspecified atom stereocenters. The molecule has 15 aromatic rings. The molecular weight excluding hydrogens is 1160 g/mol. The Balaban J connectivity index is 1.08. The maximum absolute atomic E-state index is 15.9. The van der Waals surface area contributed by atoms with Crippen LogP contribution >= 0.6 is 0 Å². The van der Waals surface area contributed by atoms with Gasteiger partial charge in [-0.25, -0.2) is 74.8 Å². The molecule has 7 aromatic heterocycles. The number of rotatable bonds is 10. The molecule has 446 valence electrons. The zero-order valence-electron chi connectivity index (χ0n) is 50.9. The molecule has 8 aromatic carbocycles. The van der Waals surface area contributed by atoms with E-state index in [0.29, 0.717) is 137 Å². The molecular formula is C72H52F3N17. The van der Waals surface area contributed by atoms with E-state index in [-0.39, 0.29) is 11.5 Å². The van der Waals surface area contributed by atoms with E-state index in [2.05, 4.69) is 36.6 Å². The second-order valence-electron chi connectivity index (χ2n) is 22.6. The molecule has 0 saturated carbocycles. The zero-order valence-corrected chi connectivity index (χ0v) is 50.9. The highest BCUT2D eigenvalue weighted by Gasteiger charge is 2.34. The summed E-state index contributed by atoms with van der Waals surface area (Å²) >= 11 is 0. The van der Waals surface area contributed by atoms with Crippen LogP contribution in [0.25, 0.3) is 146 Å². The van der Waals surface area contributed by atoms with Crippen LogP contribution in [0.5, 0.6) is 0 Å². The molecule has 7 heterocycles. The summed E-state index contributed by atoms with van der Waals surface area (Å²) in [7, 11) is 0. The van der Waals surface area contributed by atoms with Gasteiger partial charge in [0.2, 0.25) is 0 Å². The van der Waals surface area contributed by atoms with Crippen molar-refractivity contribution in [3.8, 4) is 102 Å². The SMILES string of the molecule is Cc1nc(C)nc(-c2ccc3c(c2)c2cc(-c4nc(C)nc(C)n4)ccc2n3-c2cc(C(F)(F)F)ccc2-c2c(-c3nc(-c4ccccc4)nc(-c4ccccc4)n3)cccc2-n2c3ccc(-c4nc(C)nc(C)n4)cc3c3cc(-c4nc(C)nc(C)n4)ccc32)n1. The van der Waals surface area contributed by atoms with E-state index in [4.69, 9.17) is 54.8 Å². The molecule has 0 aliphatic rings. The fraction of sp³-hybridized carbons (Fsp3) is 0.125. The predicted molar refractivity (Wildman–Crippen MR) is 348 cm³/mol. The number of alkyl halides is 3. The predicted octanol–water partition coefficient (Wildman–Crippen LogP) is 15.6. The molecule has 0 saturated heterocycles. The van der Waals surface area contributed by atoms with Crippen molar-refractivity contribution in [2.45, 2.75) is 61.6 Å². The van der Waals surface area contributed by atoms with Gasteiger partial charge >= 0.3 is 6.18 Å². The Kier molecular flexibility index (Phi) is 13.6. The van der Waals surface area contributed by atoms with Crippen LogP contribution in [-0.2, 0) is 6.18 Å². The molecule has 0 radical (unpaired) electrons. The maximum Gasteiger partial charge on any atom is 0.416 e. The second kappa shape index (κ2) is 22.1. The molecule has 17 nitrogen and oxygen atoms in total. The lowest BCUT2D eigenvalue weighted by Gasteiger charge is -2.22. The van der Waals surface area contributed by atoms with Crippen LogP contribution in [0.3, 0.4) is 0 Å². The van der Waals surface area contributed by atoms with Crippen molar-refractivity contribution in [3.05, 3.63) is 222 Å². The van der Waals surface area contributed by atoms with Gasteiger partial charge in [0.1, 0.15) is 46.6 Å². The molecule has 0 aliphatic carbocycles. The average molecular weight is 1210 g/mol. The van der Waals surface area contributed by atoms with E-state index in [9.17, 15) is 0 Å². The smallest absolute Gasteiger partial charge is 0.309 e. The Morgan fingerprint density at radius 3 is 0.935 bits per heavy atom. The van der Waals surface area contributed by atoms with Gasteiger partial charge in [0, 0.05) is 71.6 Å². The lowest BCUT2D eigenvalue weighted by molar-refractivity contribution is -0.137. The fourth-order valence-electron chi connectivity index (χ4n) is 12.3. The molecule has 0 fully saturated rings. The van der Waals surface area contributed by atoms with Gasteiger partial charge in [-0.2, -0.15) is 13.2 Å². The minimum atomic E-state index is -4.78. The molecule has 92 heavy (non-hydrogen) atoms. The number of benzene rings is 8. The Labute approximate surface area is 524 Å². The summed E-state index contributed by atoms with van der Waals surface area (Å²) in [5, 5.41) is 3.04. The van der Waals surface area contributed by atoms with E-state index >= 15 is 13.2 Å². The first-order valence-electron chi connectivity index (χ1n) is 29.6. The fourth-order valence-corrected chi connectivity index (χ4v) is 12.3. The van der Waals surface area contributed by atoms with E-state index in [1.165, 1.54) is 6.07 Å². The first-order valence-corrected chi connectivity index (χ1v) is 29.6. The normalized spacial score (nSPS) is 11.9. The van der Waals surface area contributed by atoms with Gasteiger partial charge in [0.05, 0.1) is 39.0 Å². The number of halogens is 3. The minimum Gasteiger partial charge on any atom is -0.309 e. The quantitative estimate of drug-likeness (QED) is 0.125. The monoisotopic (exact) mass is 1210 g/mol. The first-order chi connectivity index (χ1) is 44.4. The summed E-state index contributed by atoms with van der Waals surface area (Å²) in [4.78, 5) is 71.6. The molecule has 15 rings (SSSR count). The topological polar surface area (TPSA) is 203 Å². The third-order valence-electron chi connectivity index (χ3n) is 16.1. The summed E-state index contributed by atoms with van der Waals surface area (Å²) in [5.74, 6) is 7.37. The molecule has 20 heteroatoms. The van der Waals surface area contributed by atoms with Gasteiger partial charge in [-0.05, 0) is 146 Å². The summed E-state index contributed by atoms with van der Waals surface area (Å²) in [6.45, 7) is 14.6. The highest BCUT2D eigenvalue weighted by molar-refractivity contribution is 6.14. The number of hydrogen-bond acceptors (Lipinski definition) is 15. The first kappa shape index (κ1) is 56.7. The maximum atomic E-state index is 15.9. The Hall–Kier alpha value is -11.8. The van der Waals surface area contributed by atoms with Gasteiger partial charge in [-0.3, -0.25) is 0 Å². The van der Waals surface area contributed by atoms with E-state index in [1.54, 1.807) is 6.07 Å². The summed E-state index contributed by atoms with van der Waals surface area (Å²) in [5.41, 5.74) is 8.37. The van der Waals surface area contributed by atoms with E-state index < -0.39 is 11.7 Å². The third-order valence-corrected chi connectivity index (χ3v) is 16.1. The van der Waals surface area contributed by atoms with E-state index in [0.717, 1.165) is 50.1 Å². The van der Waals surface area contributed by atoms with Crippen molar-refractivity contribution in [3.63, 3.8) is 0 Å². The number of aromatic nitrogens is 17. The van der Waals surface area contributed by atoms with Gasteiger partial charge in [-0.1, -0.05) is 78.9 Å². The van der Waals surface area contributed by atoms with Crippen LogP contribution in [0.1, 0.15) is 52.2 Å². The minimum absolute atomic E-state index is 0.208. The number of hydrogen-bond donors (Lipinski definition) is 0. The van der Waals surface area contributed by atoms with Crippen molar-refractivity contribution in [1.29, 1.82) is 0 Å². The lowest BCUT2D eigenvalue weighted by Crippen LogP contribution is -2.09. The largest absolute Gasteiger partial charge is 0.416 e. The van der Waals surface area contributed by atoms with Crippen molar-refractivity contribution in [1.82, 2.24) is 83.9 Å². The van der Waals surface area contributed by atoms with Crippen LogP contribution < -0.4 is 0 Å². The zero-order chi connectivity index (χ0) is 63.3. The van der Waals surface area contributed by atoms with Gasteiger partial charge in [0.15, 0.2) is 40.8 Å². The van der Waals surface area contributed by atoms with Gasteiger partial charge in [-0.15, -0.1) is 0 Å². The van der Waals surface area contributed by atoms with Gasteiger partial charge < -0.3 is 9.13 Å². The summed E-state index contributed by atoms with van der Waals surface area (Å²) in [6, 6.07) is 52.7. The molecule has 0 spiro atoms. The highest BCUT2D eigenvalue weighted by Crippen LogP contribution is 2.48. The lowest BCUT2D eigenvalue weighted by atomic mass is 9.93. The summed E-state index contributed by atoms with van der Waals surface area (Å²) < 4.78 is 51.7. The van der Waals surface area contributed by atoms with Crippen LogP contribution in [-0.4, -0.2) is 83.9 Å². The Morgan fingerprint density at radius 2 is 0.587 bits per heavy atom. The van der Waals surface area contributed by atoms with Crippen LogP contribution in [0.15, 0.2) is 170 Å². The average Bonchev–Trinajstić information content (AvgIpc) is 1.53. The number of aryl methyl sites for hydroxylation is 8. The molecule has 0 atom stereocenters. The summed E-state index contributed by atoms with van der Waals surface area (Å²) in [6.07, 6.45) is -4.78. The van der Waals surface area contributed by atoms with Crippen LogP contribution in [0, 0.1) is 55.4 Å². The van der Waals surface area contributed by atoms with Crippen molar-refractivity contribution in [2.75, 3.05) is 0 Å². The number of fused-ring (bicyclic) bond motifs is 6. The third kappa shape index (κ3) is 10.3. The van der Waals surface area contributed by atoms with Crippen LogP contribution in [0.2, 0.25) is 0 Å². The molecule has 0 N–H and O–H groups in total. The van der Waals surface area contributed by atoms with Crippen molar-refractivity contribution < 1.29 is 13.2 Å². The Bertz CT molecular complexity index is 5160. The Morgan fingerprint density at radius 1 is 0.261 bits per heavy atom.